The standard InChI is InChI=1S/C11H17N3OS/c1-14-5-2-9(13-14)7-12-10(15)6-11(8-16)3-4-11/h2,5,16H,3-4,6-8H2,1H3,(H,12,15). The molecule has 1 N–H and O–H groups in total. The number of nitrogens with zero attached hydrogens (tertiary/aromatic N) is 2. The molecule has 1 heterocycles. The van der Waals surface area contributed by atoms with Crippen LogP contribution in [0.5, 0.6) is 0 Å². The van der Waals surface area contributed by atoms with E-state index in [9.17, 15) is 4.79 Å². The van der Waals surface area contributed by atoms with E-state index in [0.29, 0.717) is 13.0 Å². The van der Waals surface area contributed by atoms with Gasteiger partial charge in [-0.15, -0.1) is 0 Å². The predicted molar refractivity (Wildman–Crippen MR) is 65.2 cm³/mol. The number of amides is 1. The van der Waals surface area contributed by atoms with Crippen LogP contribution in [0, 0.1) is 5.41 Å². The minimum atomic E-state index is 0.109. The molecular formula is C11H17N3OS. The summed E-state index contributed by atoms with van der Waals surface area (Å²) in [6.07, 6.45) is 4.74. The Morgan fingerprint density at radius 2 is 2.44 bits per heavy atom. The van der Waals surface area contributed by atoms with Crippen molar-refractivity contribution in [1.29, 1.82) is 0 Å². The minimum Gasteiger partial charge on any atom is -0.350 e. The van der Waals surface area contributed by atoms with E-state index in [1.54, 1.807) is 4.68 Å². The third kappa shape index (κ3) is 2.78. The molecule has 0 radical (unpaired) electrons. The van der Waals surface area contributed by atoms with Gasteiger partial charge in [0.05, 0.1) is 12.2 Å². The van der Waals surface area contributed by atoms with E-state index in [-0.39, 0.29) is 11.3 Å². The third-order valence-electron chi connectivity index (χ3n) is 3.06. The first-order valence-electron chi connectivity index (χ1n) is 5.50. The van der Waals surface area contributed by atoms with Crippen LogP contribution >= 0.6 is 12.6 Å². The second-order valence-corrected chi connectivity index (χ2v) is 4.91. The molecule has 0 bridgehead atoms. The average Bonchev–Trinajstić information content (AvgIpc) is 2.91. The fraction of sp³-hybridized carbons (Fsp3) is 0.636. The fourth-order valence-corrected chi connectivity index (χ4v) is 2.15. The Hall–Kier alpha value is -0.970. The van der Waals surface area contributed by atoms with Gasteiger partial charge < -0.3 is 5.32 Å². The average molecular weight is 239 g/mol. The zero-order valence-electron chi connectivity index (χ0n) is 9.44. The van der Waals surface area contributed by atoms with Crippen molar-refractivity contribution in [2.75, 3.05) is 5.75 Å². The summed E-state index contributed by atoms with van der Waals surface area (Å²) in [5, 5.41) is 7.10. The SMILES string of the molecule is Cn1ccc(CNC(=O)CC2(CS)CC2)n1. The molecule has 0 spiro atoms. The quantitative estimate of drug-likeness (QED) is 0.757. The van der Waals surface area contributed by atoms with Gasteiger partial charge in [-0.1, -0.05) is 0 Å². The molecule has 1 fully saturated rings. The molecule has 1 aromatic rings. The molecular weight excluding hydrogens is 222 g/mol. The second-order valence-electron chi connectivity index (χ2n) is 4.59. The summed E-state index contributed by atoms with van der Waals surface area (Å²) in [5.41, 5.74) is 1.09. The number of hydrogen-bond acceptors (Lipinski definition) is 3. The minimum absolute atomic E-state index is 0.109. The van der Waals surface area contributed by atoms with Crippen LogP contribution in [0.3, 0.4) is 0 Å². The van der Waals surface area contributed by atoms with Crippen LogP contribution in [-0.2, 0) is 18.4 Å². The number of rotatable bonds is 5. The van der Waals surface area contributed by atoms with Crippen molar-refractivity contribution in [3.05, 3.63) is 18.0 Å². The lowest BCUT2D eigenvalue weighted by Crippen LogP contribution is -2.26. The highest BCUT2D eigenvalue weighted by atomic mass is 32.1. The number of aryl methyl sites for hydroxylation is 1. The van der Waals surface area contributed by atoms with Crippen LogP contribution in [0.4, 0.5) is 0 Å². The Morgan fingerprint density at radius 3 is 2.94 bits per heavy atom. The highest BCUT2D eigenvalue weighted by Gasteiger charge is 2.42. The van der Waals surface area contributed by atoms with E-state index in [2.05, 4.69) is 23.0 Å². The maximum atomic E-state index is 11.7. The van der Waals surface area contributed by atoms with Gasteiger partial charge in [0.1, 0.15) is 0 Å². The molecule has 4 nitrogen and oxygen atoms in total. The highest BCUT2D eigenvalue weighted by Crippen LogP contribution is 2.49. The first-order valence-corrected chi connectivity index (χ1v) is 6.13. The topological polar surface area (TPSA) is 46.9 Å². The van der Waals surface area contributed by atoms with Gasteiger partial charge >= 0.3 is 0 Å². The third-order valence-corrected chi connectivity index (χ3v) is 3.73. The van der Waals surface area contributed by atoms with Crippen molar-refractivity contribution in [2.24, 2.45) is 12.5 Å². The van der Waals surface area contributed by atoms with Gasteiger partial charge in [-0.05, 0) is 30.1 Å². The van der Waals surface area contributed by atoms with E-state index in [0.717, 1.165) is 24.3 Å². The lowest BCUT2D eigenvalue weighted by atomic mass is 10.1. The summed E-state index contributed by atoms with van der Waals surface area (Å²) in [4.78, 5) is 11.7. The van der Waals surface area contributed by atoms with Crippen molar-refractivity contribution >= 4 is 18.5 Å². The molecule has 2 rings (SSSR count). The van der Waals surface area contributed by atoms with Crippen molar-refractivity contribution in [2.45, 2.75) is 25.8 Å². The Balaban J connectivity index is 1.76. The summed E-state index contributed by atoms with van der Waals surface area (Å²) in [5.74, 6) is 0.918. The lowest BCUT2D eigenvalue weighted by molar-refractivity contribution is -0.122. The van der Waals surface area contributed by atoms with Crippen molar-refractivity contribution in [3.63, 3.8) is 0 Å². The zero-order valence-corrected chi connectivity index (χ0v) is 10.3. The normalized spacial score (nSPS) is 17.1. The summed E-state index contributed by atoms with van der Waals surface area (Å²) < 4.78 is 1.73. The molecule has 5 heteroatoms. The number of carbonyl (C=O) groups is 1. The Bertz CT molecular complexity index is 384. The second kappa shape index (κ2) is 4.49. The van der Waals surface area contributed by atoms with Gasteiger partial charge in [-0.2, -0.15) is 17.7 Å². The maximum Gasteiger partial charge on any atom is 0.220 e. The van der Waals surface area contributed by atoms with E-state index in [4.69, 9.17) is 0 Å². The molecule has 0 atom stereocenters. The van der Waals surface area contributed by atoms with Crippen LogP contribution in [0.15, 0.2) is 12.3 Å². The van der Waals surface area contributed by atoms with Gasteiger partial charge in [-0.25, -0.2) is 0 Å². The molecule has 0 unspecified atom stereocenters. The Labute approximate surface area is 101 Å². The smallest absolute Gasteiger partial charge is 0.220 e. The molecule has 1 amide bonds. The van der Waals surface area contributed by atoms with Gasteiger partial charge in [0, 0.05) is 19.7 Å². The molecule has 0 aromatic carbocycles. The molecule has 1 aliphatic rings. The van der Waals surface area contributed by atoms with E-state index in [1.165, 1.54) is 0 Å². The first kappa shape index (κ1) is 11.5. The van der Waals surface area contributed by atoms with Crippen LogP contribution in [0.1, 0.15) is 25.0 Å². The summed E-state index contributed by atoms with van der Waals surface area (Å²) in [7, 11) is 1.87. The van der Waals surface area contributed by atoms with Crippen molar-refractivity contribution in [3.8, 4) is 0 Å². The van der Waals surface area contributed by atoms with Crippen molar-refractivity contribution in [1.82, 2.24) is 15.1 Å². The van der Waals surface area contributed by atoms with Crippen LogP contribution in [0.25, 0.3) is 0 Å². The Morgan fingerprint density at radius 1 is 1.69 bits per heavy atom. The largest absolute Gasteiger partial charge is 0.350 e. The van der Waals surface area contributed by atoms with E-state index >= 15 is 0 Å². The van der Waals surface area contributed by atoms with Crippen LogP contribution < -0.4 is 5.32 Å². The van der Waals surface area contributed by atoms with Gasteiger partial charge in [0.25, 0.3) is 0 Å². The Kier molecular flexibility index (Phi) is 3.23. The molecule has 88 valence electrons. The lowest BCUT2D eigenvalue weighted by Gasteiger charge is -2.10. The monoisotopic (exact) mass is 239 g/mol. The van der Waals surface area contributed by atoms with Crippen LogP contribution in [-0.4, -0.2) is 21.4 Å². The van der Waals surface area contributed by atoms with Gasteiger partial charge in [-0.3, -0.25) is 9.48 Å². The molecule has 16 heavy (non-hydrogen) atoms. The van der Waals surface area contributed by atoms with E-state index < -0.39 is 0 Å². The van der Waals surface area contributed by atoms with Crippen molar-refractivity contribution < 1.29 is 4.79 Å². The molecule has 1 aliphatic carbocycles. The van der Waals surface area contributed by atoms with Gasteiger partial charge in [0.15, 0.2) is 0 Å². The number of aromatic nitrogens is 2. The van der Waals surface area contributed by atoms with Gasteiger partial charge in [0.2, 0.25) is 5.91 Å². The number of nitrogens with one attached hydrogen (secondary N) is 1. The zero-order chi connectivity index (χ0) is 11.6. The maximum absolute atomic E-state index is 11.7. The number of carbonyl (C=O) groups excluding carboxylic acids is 1. The van der Waals surface area contributed by atoms with E-state index in [1.807, 2.05) is 19.3 Å². The number of hydrogen-bond donors (Lipinski definition) is 2. The summed E-state index contributed by atoms with van der Waals surface area (Å²) >= 11 is 4.28. The fourth-order valence-electron chi connectivity index (χ4n) is 1.72. The molecule has 1 saturated carbocycles. The summed E-state index contributed by atoms with van der Waals surface area (Å²) in [6.45, 7) is 0.516. The molecule has 0 aliphatic heterocycles. The molecule has 0 saturated heterocycles. The number of thiol groups is 1. The van der Waals surface area contributed by atoms with Crippen LogP contribution in [0.2, 0.25) is 0 Å². The predicted octanol–water partition coefficient (Wildman–Crippen LogP) is 1.14. The molecule has 1 aromatic heterocycles. The first-order chi connectivity index (χ1) is 7.63. The highest BCUT2D eigenvalue weighted by molar-refractivity contribution is 7.80. The summed E-state index contributed by atoms with van der Waals surface area (Å²) in [6, 6.07) is 1.91.